The van der Waals surface area contributed by atoms with Gasteiger partial charge in [0.15, 0.2) is 0 Å². The maximum absolute atomic E-state index is 6.38. The van der Waals surface area contributed by atoms with Crippen LogP contribution >= 0.6 is 11.6 Å². The van der Waals surface area contributed by atoms with Gasteiger partial charge in [-0.2, -0.15) is 0 Å². The minimum absolute atomic E-state index is 0.445. The summed E-state index contributed by atoms with van der Waals surface area (Å²) in [5.41, 5.74) is 4.89. The van der Waals surface area contributed by atoms with Crippen molar-refractivity contribution in [3.8, 4) is 17.1 Å². The molecule has 0 N–H and O–H groups in total. The molecule has 26 heavy (non-hydrogen) atoms. The molecule has 0 saturated carbocycles. The van der Waals surface area contributed by atoms with Crippen LogP contribution in [0.3, 0.4) is 0 Å². The molecule has 0 spiro atoms. The molecule has 128 valence electrons. The fourth-order valence-corrected chi connectivity index (χ4v) is 3.00. The van der Waals surface area contributed by atoms with Gasteiger partial charge in [-0.15, -0.1) is 0 Å². The summed E-state index contributed by atoms with van der Waals surface area (Å²) in [5, 5.41) is 1.26. The van der Waals surface area contributed by atoms with Crippen LogP contribution in [0.5, 0.6) is 5.88 Å². The standard InChI is InChI=1S/C22H17ClN2O/c1-15-7-9-17(10-8-15)19-13-20-18(22(23)25-19)11-12-21(24-20)26-14-16-5-3-2-4-6-16/h2-13H,14H2,1H3. The van der Waals surface area contributed by atoms with Gasteiger partial charge in [-0.25, -0.2) is 9.97 Å². The lowest BCUT2D eigenvalue weighted by atomic mass is 10.1. The van der Waals surface area contributed by atoms with Crippen molar-refractivity contribution in [2.45, 2.75) is 13.5 Å². The predicted octanol–water partition coefficient (Wildman–Crippen LogP) is 5.84. The van der Waals surface area contributed by atoms with Crippen molar-refractivity contribution in [3.63, 3.8) is 0 Å². The van der Waals surface area contributed by atoms with E-state index in [-0.39, 0.29) is 0 Å². The lowest BCUT2D eigenvalue weighted by molar-refractivity contribution is 0.295. The Morgan fingerprint density at radius 1 is 0.885 bits per heavy atom. The number of aromatic nitrogens is 2. The van der Waals surface area contributed by atoms with Gasteiger partial charge in [0, 0.05) is 17.0 Å². The maximum Gasteiger partial charge on any atom is 0.214 e. The van der Waals surface area contributed by atoms with Gasteiger partial charge in [-0.1, -0.05) is 71.8 Å². The van der Waals surface area contributed by atoms with E-state index >= 15 is 0 Å². The molecule has 0 unspecified atom stereocenters. The largest absolute Gasteiger partial charge is 0.473 e. The second-order valence-electron chi connectivity index (χ2n) is 6.15. The van der Waals surface area contributed by atoms with Gasteiger partial charge >= 0.3 is 0 Å². The van der Waals surface area contributed by atoms with Crippen molar-refractivity contribution < 1.29 is 4.74 Å². The van der Waals surface area contributed by atoms with E-state index in [1.165, 1.54) is 5.56 Å². The number of halogens is 1. The van der Waals surface area contributed by atoms with E-state index in [1.807, 2.05) is 60.7 Å². The Bertz CT molecular complexity index is 1050. The summed E-state index contributed by atoms with van der Waals surface area (Å²) in [6, 6.07) is 23.9. The molecule has 4 rings (SSSR count). The minimum Gasteiger partial charge on any atom is -0.473 e. The molecule has 2 heterocycles. The summed E-state index contributed by atoms with van der Waals surface area (Å²) in [6.07, 6.45) is 0. The van der Waals surface area contributed by atoms with Crippen LogP contribution in [-0.4, -0.2) is 9.97 Å². The molecule has 2 aromatic carbocycles. The van der Waals surface area contributed by atoms with E-state index in [2.05, 4.69) is 29.0 Å². The fraction of sp³-hybridized carbons (Fsp3) is 0.0909. The van der Waals surface area contributed by atoms with Gasteiger partial charge in [0.1, 0.15) is 11.8 Å². The quantitative estimate of drug-likeness (QED) is 0.429. The molecule has 0 bridgehead atoms. The third kappa shape index (κ3) is 3.53. The molecule has 0 radical (unpaired) electrons. The highest BCUT2D eigenvalue weighted by Gasteiger charge is 2.09. The number of aryl methyl sites for hydroxylation is 1. The highest BCUT2D eigenvalue weighted by molar-refractivity contribution is 6.34. The first-order chi connectivity index (χ1) is 12.7. The van der Waals surface area contributed by atoms with E-state index in [9.17, 15) is 0 Å². The zero-order valence-corrected chi connectivity index (χ0v) is 15.1. The van der Waals surface area contributed by atoms with Gasteiger partial charge < -0.3 is 4.74 Å². The van der Waals surface area contributed by atoms with Crippen LogP contribution < -0.4 is 4.74 Å². The van der Waals surface area contributed by atoms with E-state index in [1.54, 1.807) is 0 Å². The molecular formula is C22H17ClN2O. The van der Waals surface area contributed by atoms with Gasteiger partial charge in [0.25, 0.3) is 0 Å². The van der Waals surface area contributed by atoms with Crippen LogP contribution in [0.25, 0.3) is 22.2 Å². The Labute approximate surface area is 157 Å². The average molecular weight is 361 g/mol. The molecule has 0 amide bonds. The molecule has 3 nitrogen and oxygen atoms in total. The Kier molecular flexibility index (Phi) is 4.55. The maximum atomic E-state index is 6.38. The average Bonchev–Trinajstić information content (AvgIpc) is 2.67. The fourth-order valence-electron chi connectivity index (χ4n) is 2.75. The first-order valence-corrected chi connectivity index (χ1v) is 8.78. The van der Waals surface area contributed by atoms with Crippen LogP contribution in [0.1, 0.15) is 11.1 Å². The van der Waals surface area contributed by atoms with Gasteiger partial charge in [-0.05, 0) is 24.6 Å². The smallest absolute Gasteiger partial charge is 0.214 e. The molecule has 0 aliphatic heterocycles. The van der Waals surface area contributed by atoms with E-state index in [0.717, 1.165) is 27.7 Å². The molecule has 0 aliphatic carbocycles. The topological polar surface area (TPSA) is 35.0 Å². The lowest BCUT2D eigenvalue weighted by Crippen LogP contribution is -1.97. The van der Waals surface area contributed by atoms with E-state index in [0.29, 0.717) is 17.6 Å². The van der Waals surface area contributed by atoms with Gasteiger partial charge in [0.2, 0.25) is 5.88 Å². The highest BCUT2D eigenvalue weighted by Crippen LogP contribution is 2.28. The SMILES string of the molecule is Cc1ccc(-c2cc3nc(OCc4ccccc4)ccc3c(Cl)n2)cc1. The molecule has 0 saturated heterocycles. The molecule has 2 aromatic heterocycles. The second-order valence-corrected chi connectivity index (χ2v) is 6.51. The number of hydrogen-bond donors (Lipinski definition) is 0. The summed E-state index contributed by atoms with van der Waals surface area (Å²) in [4.78, 5) is 9.12. The van der Waals surface area contributed by atoms with Crippen LogP contribution in [-0.2, 0) is 6.61 Å². The third-order valence-electron chi connectivity index (χ3n) is 4.19. The number of fused-ring (bicyclic) bond motifs is 1. The van der Waals surface area contributed by atoms with Crippen molar-refractivity contribution in [1.82, 2.24) is 9.97 Å². The number of nitrogens with zero attached hydrogens (tertiary/aromatic N) is 2. The zero-order chi connectivity index (χ0) is 17.9. The van der Waals surface area contributed by atoms with Gasteiger partial charge in [-0.3, -0.25) is 0 Å². The molecule has 4 heteroatoms. The number of benzene rings is 2. The monoisotopic (exact) mass is 360 g/mol. The predicted molar refractivity (Wildman–Crippen MR) is 105 cm³/mol. The van der Waals surface area contributed by atoms with Crippen molar-refractivity contribution in [3.05, 3.63) is 89.1 Å². The van der Waals surface area contributed by atoms with Gasteiger partial charge in [0.05, 0.1) is 11.2 Å². The Morgan fingerprint density at radius 2 is 1.65 bits per heavy atom. The summed E-state index contributed by atoms with van der Waals surface area (Å²) >= 11 is 6.38. The Balaban J connectivity index is 1.66. The van der Waals surface area contributed by atoms with Crippen molar-refractivity contribution >= 4 is 22.5 Å². The van der Waals surface area contributed by atoms with Crippen molar-refractivity contribution in [1.29, 1.82) is 0 Å². The zero-order valence-electron chi connectivity index (χ0n) is 14.3. The molecule has 4 aromatic rings. The molecule has 0 atom stereocenters. The number of pyridine rings is 2. The first kappa shape index (κ1) is 16.6. The third-order valence-corrected chi connectivity index (χ3v) is 4.48. The summed E-state index contributed by atoms with van der Waals surface area (Å²) < 4.78 is 5.83. The highest BCUT2D eigenvalue weighted by atomic mass is 35.5. The van der Waals surface area contributed by atoms with E-state index < -0.39 is 0 Å². The number of rotatable bonds is 4. The summed E-state index contributed by atoms with van der Waals surface area (Å²) in [5.74, 6) is 0.568. The van der Waals surface area contributed by atoms with Crippen LogP contribution in [0, 0.1) is 6.92 Å². The second kappa shape index (κ2) is 7.14. The minimum atomic E-state index is 0.445. The van der Waals surface area contributed by atoms with Crippen molar-refractivity contribution in [2.75, 3.05) is 0 Å². The Morgan fingerprint density at radius 3 is 2.42 bits per heavy atom. The normalized spacial score (nSPS) is 10.8. The van der Waals surface area contributed by atoms with Crippen LogP contribution in [0.4, 0.5) is 0 Å². The lowest BCUT2D eigenvalue weighted by Gasteiger charge is -2.09. The van der Waals surface area contributed by atoms with E-state index in [4.69, 9.17) is 16.3 Å². The van der Waals surface area contributed by atoms with Crippen molar-refractivity contribution in [2.24, 2.45) is 0 Å². The molecule has 0 aliphatic rings. The molecular weight excluding hydrogens is 344 g/mol. The number of hydrogen-bond acceptors (Lipinski definition) is 3. The first-order valence-electron chi connectivity index (χ1n) is 8.40. The molecule has 0 fully saturated rings. The summed E-state index contributed by atoms with van der Waals surface area (Å²) in [6.45, 7) is 2.53. The van der Waals surface area contributed by atoms with Crippen LogP contribution in [0.2, 0.25) is 5.15 Å². The summed E-state index contributed by atoms with van der Waals surface area (Å²) in [7, 11) is 0. The van der Waals surface area contributed by atoms with Crippen LogP contribution in [0.15, 0.2) is 72.8 Å². The number of ether oxygens (including phenoxy) is 1. The Hall–Kier alpha value is -2.91.